The normalized spacial score (nSPS) is 14.1. The monoisotopic (exact) mass is 433 g/mol. The number of hydrogen-bond acceptors (Lipinski definition) is 5. The highest BCUT2D eigenvalue weighted by Gasteiger charge is 2.27. The van der Waals surface area contributed by atoms with Crippen molar-refractivity contribution in [3.8, 4) is 11.1 Å². The summed E-state index contributed by atoms with van der Waals surface area (Å²) in [7, 11) is 2.12. The molecule has 4 aromatic rings. The van der Waals surface area contributed by atoms with E-state index in [2.05, 4.69) is 24.1 Å². The number of halogens is 1. The van der Waals surface area contributed by atoms with Crippen molar-refractivity contribution in [3.05, 3.63) is 81.3 Å². The molecule has 2 aromatic heterocycles. The molecular formula is C24H20ClN3OS. The minimum absolute atomic E-state index is 0.0960. The molecule has 0 saturated carbocycles. The fraction of sp³-hybridized carbons (Fsp3) is 0.167. The Labute approximate surface area is 183 Å². The minimum atomic E-state index is -0.0960. The number of anilines is 1. The molecule has 150 valence electrons. The van der Waals surface area contributed by atoms with E-state index in [1.807, 2.05) is 18.2 Å². The van der Waals surface area contributed by atoms with Crippen LogP contribution in [0.1, 0.15) is 26.5 Å². The summed E-state index contributed by atoms with van der Waals surface area (Å²) in [5, 5.41) is 1.48. The SMILES string of the molecule is CN1CCc2nc3sc(C(=O)c4ccc(Cl)cc4)c(N)c3c(-c3ccccc3)c2C1. The average molecular weight is 434 g/mol. The molecular weight excluding hydrogens is 414 g/mol. The third-order valence-electron chi connectivity index (χ3n) is 5.60. The number of aromatic nitrogens is 1. The number of benzene rings is 2. The van der Waals surface area contributed by atoms with Gasteiger partial charge in [0.05, 0.1) is 5.69 Å². The molecule has 5 rings (SSSR count). The molecule has 3 heterocycles. The zero-order chi connectivity index (χ0) is 20.8. The fourth-order valence-corrected chi connectivity index (χ4v) is 5.30. The van der Waals surface area contributed by atoms with Gasteiger partial charge < -0.3 is 10.6 Å². The molecule has 2 N–H and O–H groups in total. The van der Waals surface area contributed by atoms with E-state index in [0.717, 1.165) is 46.5 Å². The smallest absolute Gasteiger partial charge is 0.205 e. The second-order valence-electron chi connectivity index (χ2n) is 7.63. The zero-order valence-corrected chi connectivity index (χ0v) is 18.1. The van der Waals surface area contributed by atoms with Crippen LogP contribution in [-0.2, 0) is 13.0 Å². The van der Waals surface area contributed by atoms with E-state index < -0.39 is 0 Å². The summed E-state index contributed by atoms with van der Waals surface area (Å²) in [5.41, 5.74) is 12.2. The van der Waals surface area contributed by atoms with Gasteiger partial charge in [-0.05, 0) is 42.4 Å². The number of nitrogens with two attached hydrogens (primary N) is 1. The molecule has 1 aliphatic heterocycles. The van der Waals surface area contributed by atoms with Crippen molar-refractivity contribution in [2.45, 2.75) is 13.0 Å². The molecule has 0 unspecified atom stereocenters. The number of likely N-dealkylation sites (N-methyl/N-ethyl adjacent to an activating group) is 1. The quantitative estimate of drug-likeness (QED) is 0.438. The summed E-state index contributed by atoms with van der Waals surface area (Å²) in [4.78, 5) is 21.8. The summed E-state index contributed by atoms with van der Waals surface area (Å²) in [6, 6.07) is 17.2. The van der Waals surface area contributed by atoms with Crippen LogP contribution in [0.3, 0.4) is 0 Å². The van der Waals surface area contributed by atoms with Gasteiger partial charge in [0.2, 0.25) is 5.78 Å². The van der Waals surface area contributed by atoms with E-state index in [0.29, 0.717) is 21.2 Å². The van der Waals surface area contributed by atoms with E-state index in [1.54, 1.807) is 24.3 Å². The molecule has 0 bridgehead atoms. The van der Waals surface area contributed by atoms with Crippen LogP contribution < -0.4 is 5.73 Å². The van der Waals surface area contributed by atoms with Gasteiger partial charge in [-0.25, -0.2) is 4.98 Å². The van der Waals surface area contributed by atoms with Gasteiger partial charge in [-0.3, -0.25) is 4.79 Å². The summed E-state index contributed by atoms with van der Waals surface area (Å²) in [6.45, 7) is 1.79. The van der Waals surface area contributed by atoms with Crippen molar-refractivity contribution < 1.29 is 4.79 Å². The molecule has 30 heavy (non-hydrogen) atoms. The largest absolute Gasteiger partial charge is 0.397 e. The summed E-state index contributed by atoms with van der Waals surface area (Å²) >= 11 is 7.36. The number of pyridine rings is 1. The van der Waals surface area contributed by atoms with Gasteiger partial charge in [-0.1, -0.05) is 41.9 Å². The van der Waals surface area contributed by atoms with E-state index in [4.69, 9.17) is 22.3 Å². The predicted molar refractivity (Wildman–Crippen MR) is 124 cm³/mol. The van der Waals surface area contributed by atoms with Crippen molar-refractivity contribution >= 4 is 44.6 Å². The molecule has 0 atom stereocenters. The Morgan fingerprint density at radius 3 is 2.60 bits per heavy atom. The predicted octanol–water partition coefficient (Wildman–Crippen LogP) is 5.42. The van der Waals surface area contributed by atoms with Crippen molar-refractivity contribution in [2.24, 2.45) is 0 Å². The molecule has 0 aliphatic carbocycles. The van der Waals surface area contributed by atoms with E-state index in [9.17, 15) is 4.79 Å². The second-order valence-corrected chi connectivity index (χ2v) is 9.06. The molecule has 4 nitrogen and oxygen atoms in total. The first-order chi connectivity index (χ1) is 14.5. The summed E-state index contributed by atoms with van der Waals surface area (Å²) < 4.78 is 0. The maximum atomic E-state index is 13.2. The summed E-state index contributed by atoms with van der Waals surface area (Å²) in [6.07, 6.45) is 0.889. The standard InChI is InChI=1S/C24H20ClN3OS/c1-28-12-11-18-17(13-28)19(14-5-3-2-4-6-14)20-21(26)23(30-24(20)27-18)22(29)15-7-9-16(25)10-8-15/h2-10H,11-13,26H2,1H3. The number of nitrogen functional groups attached to an aromatic ring is 1. The van der Waals surface area contributed by atoms with Crippen LogP contribution >= 0.6 is 22.9 Å². The average Bonchev–Trinajstić information content (AvgIpc) is 3.09. The molecule has 2 aromatic carbocycles. The fourth-order valence-electron chi connectivity index (χ4n) is 4.08. The highest BCUT2D eigenvalue weighted by Crippen LogP contribution is 2.43. The van der Waals surface area contributed by atoms with Gasteiger partial charge in [0, 0.05) is 46.7 Å². The number of carbonyl (C=O) groups excluding carboxylic acids is 1. The third kappa shape index (κ3) is 3.19. The number of nitrogens with zero attached hydrogens (tertiary/aromatic N) is 2. The number of carbonyl (C=O) groups is 1. The van der Waals surface area contributed by atoms with Gasteiger partial charge in [-0.2, -0.15) is 0 Å². The molecule has 0 spiro atoms. The third-order valence-corrected chi connectivity index (χ3v) is 6.95. The highest BCUT2D eigenvalue weighted by molar-refractivity contribution is 7.21. The molecule has 6 heteroatoms. The molecule has 1 aliphatic rings. The molecule has 0 fully saturated rings. The Morgan fingerprint density at radius 1 is 1.13 bits per heavy atom. The van der Waals surface area contributed by atoms with E-state index in [1.165, 1.54) is 16.9 Å². The van der Waals surface area contributed by atoms with E-state index in [-0.39, 0.29) is 5.78 Å². The Bertz CT molecular complexity index is 1270. The molecule has 0 amide bonds. The number of fused-ring (bicyclic) bond motifs is 2. The van der Waals surface area contributed by atoms with Crippen LogP contribution in [0, 0.1) is 0 Å². The lowest BCUT2D eigenvalue weighted by Gasteiger charge is -2.27. The first kappa shape index (κ1) is 19.2. The van der Waals surface area contributed by atoms with Crippen molar-refractivity contribution in [3.63, 3.8) is 0 Å². The van der Waals surface area contributed by atoms with Crippen LogP contribution in [0.5, 0.6) is 0 Å². The Balaban J connectivity index is 1.77. The number of thiophene rings is 1. The zero-order valence-electron chi connectivity index (χ0n) is 16.5. The van der Waals surface area contributed by atoms with Gasteiger partial charge in [0.15, 0.2) is 0 Å². The van der Waals surface area contributed by atoms with Gasteiger partial charge in [0.1, 0.15) is 9.71 Å². The van der Waals surface area contributed by atoms with Crippen LogP contribution in [0.25, 0.3) is 21.3 Å². The number of rotatable bonds is 3. The maximum Gasteiger partial charge on any atom is 0.205 e. The topological polar surface area (TPSA) is 59.2 Å². The Morgan fingerprint density at radius 2 is 1.87 bits per heavy atom. The van der Waals surface area contributed by atoms with Gasteiger partial charge >= 0.3 is 0 Å². The van der Waals surface area contributed by atoms with Crippen molar-refractivity contribution in [1.29, 1.82) is 0 Å². The Hall–Kier alpha value is -2.73. The lowest BCUT2D eigenvalue weighted by molar-refractivity contribution is 0.104. The van der Waals surface area contributed by atoms with Crippen LogP contribution in [0.2, 0.25) is 5.02 Å². The highest BCUT2D eigenvalue weighted by atomic mass is 35.5. The summed E-state index contributed by atoms with van der Waals surface area (Å²) in [5.74, 6) is -0.0960. The second kappa shape index (κ2) is 7.51. The maximum absolute atomic E-state index is 13.2. The number of ketones is 1. The number of hydrogen-bond donors (Lipinski definition) is 1. The van der Waals surface area contributed by atoms with Crippen molar-refractivity contribution in [2.75, 3.05) is 19.3 Å². The molecule has 0 radical (unpaired) electrons. The lowest BCUT2D eigenvalue weighted by Crippen LogP contribution is -2.27. The molecule has 0 saturated heterocycles. The van der Waals surface area contributed by atoms with Gasteiger partial charge in [-0.15, -0.1) is 11.3 Å². The first-order valence-electron chi connectivity index (χ1n) is 9.81. The van der Waals surface area contributed by atoms with Crippen LogP contribution in [-0.4, -0.2) is 29.3 Å². The first-order valence-corrected chi connectivity index (χ1v) is 11.0. The van der Waals surface area contributed by atoms with E-state index >= 15 is 0 Å². The minimum Gasteiger partial charge on any atom is -0.397 e. The Kier molecular flexibility index (Phi) is 4.82. The van der Waals surface area contributed by atoms with Crippen LogP contribution in [0.4, 0.5) is 5.69 Å². The van der Waals surface area contributed by atoms with Crippen molar-refractivity contribution in [1.82, 2.24) is 9.88 Å². The van der Waals surface area contributed by atoms with Gasteiger partial charge in [0.25, 0.3) is 0 Å². The lowest BCUT2D eigenvalue weighted by atomic mass is 9.92. The van der Waals surface area contributed by atoms with Crippen LogP contribution in [0.15, 0.2) is 54.6 Å².